The Morgan fingerprint density at radius 1 is 1.38 bits per heavy atom. The Labute approximate surface area is 98.8 Å². The summed E-state index contributed by atoms with van der Waals surface area (Å²) >= 11 is 0. The molecule has 0 bridgehead atoms. The number of nitrogens with zero attached hydrogens (tertiary/aromatic N) is 1. The molecule has 0 aromatic heterocycles. The van der Waals surface area contributed by atoms with Crippen LogP contribution in [0.2, 0.25) is 0 Å². The summed E-state index contributed by atoms with van der Waals surface area (Å²) in [5.74, 6) is 0.659. The molecule has 1 amide bonds. The zero-order valence-electron chi connectivity index (χ0n) is 10.6. The highest BCUT2D eigenvalue weighted by molar-refractivity contribution is 5.76. The molecule has 0 radical (unpaired) electrons. The van der Waals surface area contributed by atoms with Crippen LogP contribution in [0.15, 0.2) is 0 Å². The van der Waals surface area contributed by atoms with Crippen molar-refractivity contribution >= 4 is 5.91 Å². The largest absolute Gasteiger partial charge is 0.395 e. The molecule has 0 rings (SSSR count). The van der Waals surface area contributed by atoms with E-state index in [0.717, 1.165) is 25.8 Å². The second kappa shape index (κ2) is 9.60. The summed E-state index contributed by atoms with van der Waals surface area (Å²) in [4.78, 5) is 13.6. The Bertz CT molecular complexity index is 180. The third kappa shape index (κ3) is 6.80. The number of aliphatic hydroxyl groups excluding tert-OH is 1. The summed E-state index contributed by atoms with van der Waals surface area (Å²) < 4.78 is 0. The normalized spacial score (nSPS) is 12.5. The maximum Gasteiger partial charge on any atom is 0.222 e. The van der Waals surface area contributed by atoms with Crippen molar-refractivity contribution in [3.8, 4) is 0 Å². The molecule has 0 heterocycles. The predicted octanol–water partition coefficient (Wildman–Crippen LogP) is 0.982. The van der Waals surface area contributed by atoms with Gasteiger partial charge in [0.2, 0.25) is 5.91 Å². The smallest absolute Gasteiger partial charge is 0.222 e. The minimum absolute atomic E-state index is 0.0457. The van der Waals surface area contributed by atoms with Crippen molar-refractivity contribution in [3.05, 3.63) is 0 Å². The number of nitrogens with two attached hydrogens (primary N) is 1. The van der Waals surface area contributed by atoms with Crippen molar-refractivity contribution in [2.45, 2.75) is 39.5 Å². The van der Waals surface area contributed by atoms with Crippen LogP contribution in [0.4, 0.5) is 0 Å². The molecule has 0 aliphatic heterocycles. The van der Waals surface area contributed by atoms with Crippen molar-refractivity contribution in [1.82, 2.24) is 4.90 Å². The van der Waals surface area contributed by atoms with Gasteiger partial charge in [-0.1, -0.05) is 13.8 Å². The predicted molar refractivity (Wildman–Crippen MR) is 66.0 cm³/mol. The minimum Gasteiger partial charge on any atom is -0.395 e. The molecule has 16 heavy (non-hydrogen) atoms. The Balaban J connectivity index is 3.90. The van der Waals surface area contributed by atoms with Gasteiger partial charge < -0.3 is 15.7 Å². The van der Waals surface area contributed by atoms with E-state index in [-0.39, 0.29) is 12.5 Å². The molecule has 1 unspecified atom stereocenters. The number of rotatable bonds is 9. The van der Waals surface area contributed by atoms with Crippen LogP contribution >= 0.6 is 0 Å². The van der Waals surface area contributed by atoms with E-state index in [9.17, 15) is 4.79 Å². The molecule has 0 spiro atoms. The number of amides is 1. The molecule has 4 heteroatoms. The first kappa shape index (κ1) is 15.4. The maximum absolute atomic E-state index is 11.8. The molecule has 0 aliphatic rings. The van der Waals surface area contributed by atoms with Gasteiger partial charge in [0.25, 0.3) is 0 Å². The minimum atomic E-state index is 0.0457. The lowest BCUT2D eigenvalue weighted by Crippen LogP contribution is -2.34. The van der Waals surface area contributed by atoms with E-state index in [1.165, 1.54) is 0 Å². The molecule has 1 atom stereocenters. The summed E-state index contributed by atoms with van der Waals surface area (Å²) in [6.45, 7) is 6.09. The Morgan fingerprint density at radius 3 is 2.56 bits per heavy atom. The van der Waals surface area contributed by atoms with E-state index in [0.29, 0.717) is 25.4 Å². The van der Waals surface area contributed by atoms with Gasteiger partial charge >= 0.3 is 0 Å². The first-order valence-corrected chi connectivity index (χ1v) is 6.24. The molecule has 0 saturated carbocycles. The van der Waals surface area contributed by atoms with Crippen LogP contribution in [0.3, 0.4) is 0 Å². The lowest BCUT2D eigenvalue weighted by atomic mass is 10.0. The molecule has 3 N–H and O–H groups in total. The lowest BCUT2D eigenvalue weighted by Gasteiger charge is -2.21. The Hall–Kier alpha value is -0.610. The molecule has 96 valence electrons. The maximum atomic E-state index is 11.8. The van der Waals surface area contributed by atoms with Crippen LogP contribution in [-0.4, -0.2) is 42.2 Å². The van der Waals surface area contributed by atoms with Gasteiger partial charge in [0.1, 0.15) is 0 Å². The summed E-state index contributed by atoms with van der Waals surface area (Å²) in [5, 5.41) is 8.86. The van der Waals surface area contributed by atoms with Gasteiger partial charge in [-0.2, -0.15) is 0 Å². The molecule has 0 saturated heterocycles. The van der Waals surface area contributed by atoms with Gasteiger partial charge in [-0.15, -0.1) is 0 Å². The summed E-state index contributed by atoms with van der Waals surface area (Å²) in [6, 6.07) is 0. The summed E-state index contributed by atoms with van der Waals surface area (Å²) in [6.07, 6.45) is 3.37. The van der Waals surface area contributed by atoms with Crippen LogP contribution in [0.25, 0.3) is 0 Å². The van der Waals surface area contributed by atoms with Crippen LogP contribution in [0, 0.1) is 5.92 Å². The van der Waals surface area contributed by atoms with Gasteiger partial charge in [0.15, 0.2) is 0 Å². The number of carbonyl (C=O) groups excluding carboxylic acids is 1. The molecule has 0 fully saturated rings. The van der Waals surface area contributed by atoms with Gasteiger partial charge in [-0.05, 0) is 31.7 Å². The van der Waals surface area contributed by atoms with Crippen molar-refractivity contribution in [2.24, 2.45) is 11.7 Å². The molecule has 0 aliphatic carbocycles. The quantitative estimate of drug-likeness (QED) is 0.620. The van der Waals surface area contributed by atoms with Crippen molar-refractivity contribution < 1.29 is 9.90 Å². The van der Waals surface area contributed by atoms with Gasteiger partial charge in [0, 0.05) is 19.5 Å². The van der Waals surface area contributed by atoms with Crippen molar-refractivity contribution in [1.29, 1.82) is 0 Å². The average Bonchev–Trinajstić information content (AvgIpc) is 2.26. The molecular formula is C12H26N2O2. The first-order valence-electron chi connectivity index (χ1n) is 6.24. The standard InChI is InChI=1S/C12H26N2O2/c1-3-8-14(9-10-15)12(16)5-4-11(2)6-7-13/h11,15H,3-10,13H2,1-2H3. The van der Waals surface area contributed by atoms with E-state index < -0.39 is 0 Å². The number of hydrogen-bond acceptors (Lipinski definition) is 3. The second-order valence-electron chi connectivity index (χ2n) is 4.33. The monoisotopic (exact) mass is 230 g/mol. The van der Waals surface area contributed by atoms with E-state index in [4.69, 9.17) is 10.8 Å². The fraction of sp³-hybridized carbons (Fsp3) is 0.917. The van der Waals surface area contributed by atoms with Gasteiger partial charge in [0.05, 0.1) is 6.61 Å². The van der Waals surface area contributed by atoms with Crippen molar-refractivity contribution in [3.63, 3.8) is 0 Å². The van der Waals surface area contributed by atoms with E-state index in [1.54, 1.807) is 4.90 Å². The highest BCUT2D eigenvalue weighted by atomic mass is 16.3. The molecular weight excluding hydrogens is 204 g/mol. The van der Waals surface area contributed by atoms with E-state index in [1.807, 2.05) is 6.92 Å². The van der Waals surface area contributed by atoms with Crippen LogP contribution < -0.4 is 5.73 Å². The SMILES string of the molecule is CCCN(CCO)C(=O)CCC(C)CCN. The van der Waals surface area contributed by atoms with Crippen molar-refractivity contribution in [2.75, 3.05) is 26.2 Å². The van der Waals surface area contributed by atoms with Gasteiger partial charge in [-0.3, -0.25) is 4.79 Å². The average molecular weight is 230 g/mol. The Morgan fingerprint density at radius 2 is 2.06 bits per heavy atom. The Kier molecular flexibility index (Phi) is 9.24. The number of carbonyl (C=O) groups is 1. The zero-order valence-corrected chi connectivity index (χ0v) is 10.6. The number of hydrogen-bond donors (Lipinski definition) is 2. The number of aliphatic hydroxyl groups is 1. The fourth-order valence-electron chi connectivity index (χ4n) is 1.71. The molecule has 0 aromatic rings. The highest BCUT2D eigenvalue weighted by Crippen LogP contribution is 2.10. The van der Waals surface area contributed by atoms with Crippen LogP contribution in [0.5, 0.6) is 0 Å². The summed E-state index contributed by atoms with van der Waals surface area (Å²) in [7, 11) is 0. The third-order valence-corrected chi connectivity index (χ3v) is 2.73. The topological polar surface area (TPSA) is 66.6 Å². The summed E-state index contributed by atoms with van der Waals surface area (Å²) in [5.41, 5.74) is 5.46. The second-order valence-corrected chi connectivity index (χ2v) is 4.33. The fourth-order valence-corrected chi connectivity index (χ4v) is 1.71. The lowest BCUT2D eigenvalue weighted by molar-refractivity contribution is -0.132. The van der Waals surface area contributed by atoms with Gasteiger partial charge in [-0.25, -0.2) is 0 Å². The van der Waals surface area contributed by atoms with Crippen LogP contribution in [-0.2, 0) is 4.79 Å². The molecule has 4 nitrogen and oxygen atoms in total. The third-order valence-electron chi connectivity index (χ3n) is 2.73. The molecule has 0 aromatic carbocycles. The van der Waals surface area contributed by atoms with Crippen LogP contribution in [0.1, 0.15) is 39.5 Å². The zero-order chi connectivity index (χ0) is 12.4. The first-order chi connectivity index (χ1) is 7.65. The highest BCUT2D eigenvalue weighted by Gasteiger charge is 2.13. The van der Waals surface area contributed by atoms with E-state index in [2.05, 4.69) is 6.92 Å². The van der Waals surface area contributed by atoms with E-state index >= 15 is 0 Å².